The third kappa shape index (κ3) is 5.61. The lowest BCUT2D eigenvalue weighted by atomic mass is 10.1. The van der Waals surface area contributed by atoms with Crippen molar-refractivity contribution in [3.05, 3.63) is 75.6 Å². The summed E-state index contributed by atoms with van der Waals surface area (Å²) in [5.74, 6) is 0.930. The quantitative estimate of drug-likeness (QED) is 0.140. The van der Waals surface area contributed by atoms with Gasteiger partial charge in [0, 0.05) is 20.0 Å². The maximum atomic E-state index is 12.4. The van der Waals surface area contributed by atoms with Crippen LogP contribution in [0.5, 0.6) is 5.75 Å². The van der Waals surface area contributed by atoms with Crippen LogP contribution in [-0.2, 0) is 11.4 Å². The Morgan fingerprint density at radius 2 is 2.03 bits per heavy atom. The zero-order valence-electron chi connectivity index (χ0n) is 18.9. The maximum Gasteiger partial charge on any atom is 0.277 e. The molecular weight excluding hydrogens is 641 g/mol. The first-order valence-corrected chi connectivity index (χ1v) is 14.7. The van der Waals surface area contributed by atoms with Gasteiger partial charge in [0.1, 0.15) is 5.75 Å². The van der Waals surface area contributed by atoms with E-state index in [0.29, 0.717) is 22.0 Å². The van der Waals surface area contributed by atoms with E-state index in [0.717, 1.165) is 42.0 Å². The van der Waals surface area contributed by atoms with Crippen molar-refractivity contribution < 1.29 is 13.9 Å². The van der Waals surface area contributed by atoms with E-state index in [2.05, 4.69) is 71.7 Å². The number of rotatable bonds is 8. The Kier molecular flexibility index (Phi) is 7.04. The van der Waals surface area contributed by atoms with Crippen molar-refractivity contribution >= 4 is 89.2 Å². The highest BCUT2D eigenvalue weighted by Crippen LogP contribution is 2.32. The van der Waals surface area contributed by atoms with Crippen LogP contribution in [0.25, 0.3) is 31.6 Å². The smallest absolute Gasteiger partial charge is 0.277 e. The van der Waals surface area contributed by atoms with E-state index >= 15 is 0 Å². The predicted octanol–water partition coefficient (Wildman–Crippen LogP) is 6.87. The highest BCUT2D eigenvalue weighted by Gasteiger charge is 2.13. The van der Waals surface area contributed by atoms with Gasteiger partial charge in [-0.05, 0) is 76.0 Å². The van der Waals surface area contributed by atoms with Gasteiger partial charge >= 0.3 is 0 Å². The molecule has 1 N–H and O–H groups in total. The summed E-state index contributed by atoms with van der Waals surface area (Å²) in [5.41, 5.74) is 2.81. The number of pyridine rings is 1. The number of carbonyl (C=O) groups excluding carboxylic acids is 1. The molecule has 0 radical (unpaired) electrons. The molecule has 0 spiro atoms. The number of amides is 1. The number of nitrogens with one attached hydrogen (secondary N) is 1. The molecule has 8 nitrogen and oxygen atoms in total. The van der Waals surface area contributed by atoms with Crippen LogP contribution >= 0.6 is 57.0 Å². The summed E-state index contributed by atoms with van der Waals surface area (Å²) >= 11 is 6.54. The average Bonchev–Trinajstić information content (AvgIpc) is 3.67. The molecule has 0 saturated carbocycles. The highest BCUT2D eigenvalue weighted by atomic mass is 127. The Morgan fingerprint density at radius 3 is 2.92 bits per heavy atom. The fourth-order valence-corrected chi connectivity index (χ4v) is 6.50. The fourth-order valence-electron chi connectivity index (χ4n) is 3.57. The molecule has 0 bridgehead atoms. The fraction of sp³-hybridized carbons (Fsp3) is 0.0800. The molecule has 4 heterocycles. The summed E-state index contributed by atoms with van der Waals surface area (Å²) < 4.78 is 13.8. The van der Waals surface area contributed by atoms with Crippen LogP contribution in [0.3, 0.4) is 0 Å². The molecule has 1 amide bonds. The minimum absolute atomic E-state index is 0.104. The standard InChI is InChI=1S/C25H16IN5O3S3/c26-15-4-6-18-21(11-15)37-24(28-18)29-22(32)13-36-25-31-30-23(34-25)12-33-19-7-8-27-17-5-3-14(10-16(17)19)20-2-1-9-35-20/h1-11H,12-13H2,(H,28,29,32). The number of thioether (sulfide) groups is 1. The van der Waals surface area contributed by atoms with Crippen LogP contribution in [0.4, 0.5) is 5.13 Å². The lowest BCUT2D eigenvalue weighted by Crippen LogP contribution is -2.13. The molecule has 2 aromatic carbocycles. The highest BCUT2D eigenvalue weighted by molar-refractivity contribution is 14.1. The number of hydrogen-bond acceptors (Lipinski definition) is 10. The Hall–Kier alpha value is -3.07. The van der Waals surface area contributed by atoms with Crippen molar-refractivity contribution in [2.45, 2.75) is 11.8 Å². The number of fused-ring (bicyclic) bond motifs is 2. The van der Waals surface area contributed by atoms with Gasteiger partial charge in [0.05, 0.1) is 21.5 Å². The minimum Gasteiger partial charge on any atom is -0.483 e. The van der Waals surface area contributed by atoms with E-state index in [1.54, 1.807) is 17.5 Å². The molecule has 0 unspecified atom stereocenters. The molecule has 6 rings (SSSR count). The second-order valence-corrected chi connectivity index (χ2v) is 11.9. The summed E-state index contributed by atoms with van der Waals surface area (Å²) in [5, 5.41) is 14.7. The van der Waals surface area contributed by atoms with Crippen LogP contribution in [0, 0.1) is 3.57 Å². The van der Waals surface area contributed by atoms with Crippen molar-refractivity contribution in [2.24, 2.45) is 0 Å². The molecule has 4 aromatic heterocycles. The lowest BCUT2D eigenvalue weighted by Gasteiger charge is -2.08. The van der Waals surface area contributed by atoms with Gasteiger partial charge in [-0.25, -0.2) is 4.98 Å². The van der Waals surface area contributed by atoms with Crippen LogP contribution in [0.1, 0.15) is 5.89 Å². The number of carbonyl (C=O) groups is 1. The van der Waals surface area contributed by atoms with Gasteiger partial charge < -0.3 is 14.5 Å². The van der Waals surface area contributed by atoms with E-state index in [4.69, 9.17) is 9.15 Å². The van der Waals surface area contributed by atoms with Crippen molar-refractivity contribution in [3.63, 3.8) is 0 Å². The number of nitrogens with zero attached hydrogens (tertiary/aromatic N) is 4. The van der Waals surface area contributed by atoms with E-state index in [1.165, 1.54) is 16.2 Å². The van der Waals surface area contributed by atoms with Gasteiger partial charge in [-0.2, -0.15) is 0 Å². The van der Waals surface area contributed by atoms with Crippen molar-refractivity contribution in [1.29, 1.82) is 0 Å². The number of thiazole rings is 1. The molecule has 37 heavy (non-hydrogen) atoms. The van der Waals surface area contributed by atoms with Gasteiger partial charge in [-0.3, -0.25) is 9.78 Å². The number of thiophene rings is 1. The van der Waals surface area contributed by atoms with Crippen molar-refractivity contribution in [3.8, 4) is 16.2 Å². The summed E-state index contributed by atoms with van der Waals surface area (Å²) in [6.07, 6.45) is 1.71. The second kappa shape index (κ2) is 10.7. The van der Waals surface area contributed by atoms with Gasteiger partial charge in [-0.1, -0.05) is 35.2 Å². The van der Waals surface area contributed by atoms with Crippen molar-refractivity contribution in [2.75, 3.05) is 11.1 Å². The summed E-state index contributed by atoms with van der Waals surface area (Å²) in [6.45, 7) is 0.104. The van der Waals surface area contributed by atoms with Crippen LogP contribution in [0.2, 0.25) is 0 Å². The largest absolute Gasteiger partial charge is 0.483 e. The van der Waals surface area contributed by atoms with Crippen LogP contribution in [0.15, 0.2) is 75.8 Å². The molecule has 184 valence electrons. The van der Waals surface area contributed by atoms with E-state index in [1.807, 2.05) is 36.4 Å². The number of ether oxygens (including phenoxy) is 1. The predicted molar refractivity (Wildman–Crippen MR) is 155 cm³/mol. The molecule has 0 aliphatic rings. The second-order valence-electron chi connectivity index (χ2n) is 7.74. The average molecular weight is 658 g/mol. The first-order chi connectivity index (χ1) is 18.1. The zero-order chi connectivity index (χ0) is 25.2. The van der Waals surface area contributed by atoms with Crippen molar-refractivity contribution in [1.82, 2.24) is 20.2 Å². The first kappa shape index (κ1) is 24.3. The monoisotopic (exact) mass is 657 g/mol. The Labute approximate surface area is 236 Å². The number of anilines is 1. The topological polar surface area (TPSA) is 103 Å². The van der Waals surface area contributed by atoms with Gasteiger partial charge in [0.15, 0.2) is 11.7 Å². The Morgan fingerprint density at radius 1 is 1.11 bits per heavy atom. The van der Waals surface area contributed by atoms with Gasteiger partial charge in [0.25, 0.3) is 11.1 Å². The van der Waals surface area contributed by atoms with Crippen LogP contribution < -0.4 is 10.1 Å². The van der Waals surface area contributed by atoms with Gasteiger partial charge in [-0.15, -0.1) is 21.5 Å². The summed E-state index contributed by atoms with van der Waals surface area (Å²) in [7, 11) is 0. The molecular formula is C25H16IN5O3S3. The molecule has 12 heteroatoms. The Bertz CT molecular complexity index is 1720. The number of benzene rings is 2. The third-order valence-electron chi connectivity index (χ3n) is 5.23. The first-order valence-electron chi connectivity index (χ1n) is 11.0. The van der Waals surface area contributed by atoms with Gasteiger partial charge in [0.2, 0.25) is 5.91 Å². The van der Waals surface area contributed by atoms with E-state index in [9.17, 15) is 4.79 Å². The molecule has 0 saturated heterocycles. The SMILES string of the molecule is O=C(CSc1nnc(COc2ccnc3ccc(-c4cccs4)cc23)o1)Nc1nc2ccc(I)cc2s1. The molecule has 0 aliphatic carbocycles. The number of halogens is 1. The zero-order valence-corrected chi connectivity index (χ0v) is 23.5. The molecule has 6 aromatic rings. The third-order valence-corrected chi connectivity index (χ3v) is 8.57. The lowest BCUT2D eigenvalue weighted by molar-refractivity contribution is -0.113. The number of hydrogen-bond donors (Lipinski definition) is 1. The van der Waals surface area contributed by atoms with E-state index in [-0.39, 0.29) is 18.3 Å². The number of aromatic nitrogens is 4. The maximum absolute atomic E-state index is 12.4. The van der Waals surface area contributed by atoms with Crippen LogP contribution in [-0.4, -0.2) is 31.8 Å². The normalized spacial score (nSPS) is 11.3. The molecule has 0 fully saturated rings. The molecule has 0 aliphatic heterocycles. The van der Waals surface area contributed by atoms with E-state index < -0.39 is 0 Å². The Balaban J connectivity index is 1.07. The minimum atomic E-state index is -0.195. The summed E-state index contributed by atoms with van der Waals surface area (Å²) in [4.78, 5) is 22.5. The molecule has 0 atom stereocenters. The summed E-state index contributed by atoms with van der Waals surface area (Å²) in [6, 6.07) is 18.0.